The molecule has 1 amide bonds. The topological polar surface area (TPSA) is 62.1 Å². The van der Waals surface area contributed by atoms with Crippen LogP contribution >= 0.6 is 0 Å². The second kappa shape index (κ2) is 7.01. The summed E-state index contributed by atoms with van der Waals surface area (Å²) in [7, 11) is 0. The van der Waals surface area contributed by atoms with Gasteiger partial charge in [-0.2, -0.15) is 5.26 Å². The summed E-state index contributed by atoms with van der Waals surface area (Å²) in [5.74, 6) is 0.512. The van der Waals surface area contributed by atoms with E-state index < -0.39 is 0 Å². The van der Waals surface area contributed by atoms with Gasteiger partial charge in [0.05, 0.1) is 0 Å². The minimum absolute atomic E-state index is 0.0952. The first kappa shape index (κ1) is 15.8. The second-order valence-electron chi connectivity index (χ2n) is 5.84. The van der Waals surface area contributed by atoms with Gasteiger partial charge in [0, 0.05) is 13.0 Å². The molecule has 0 aliphatic carbocycles. The van der Waals surface area contributed by atoms with Crippen molar-refractivity contribution < 1.29 is 9.53 Å². The predicted molar refractivity (Wildman–Crippen MR) is 92.1 cm³/mol. The van der Waals surface area contributed by atoms with E-state index in [4.69, 9.17) is 4.74 Å². The number of ether oxygens (including phenoxy) is 1. The Bertz CT molecular complexity index is 819. The van der Waals surface area contributed by atoms with E-state index in [0.717, 1.165) is 28.9 Å². The van der Waals surface area contributed by atoms with Crippen LogP contribution in [0, 0.1) is 11.3 Å². The SMILES string of the molecule is C[C@@H]1Cc2cc(/C=C(\C#N)C(=O)NCc3ccccc3)ccc2O1. The molecule has 0 saturated carbocycles. The Kier molecular flexibility index (Phi) is 4.62. The first-order valence-corrected chi connectivity index (χ1v) is 7.89. The van der Waals surface area contributed by atoms with Gasteiger partial charge in [-0.1, -0.05) is 36.4 Å². The Morgan fingerprint density at radius 1 is 1.33 bits per heavy atom. The molecular weight excluding hydrogens is 300 g/mol. The molecule has 1 N–H and O–H groups in total. The molecule has 2 aromatic rings. The van der Waals surface area contributed by atoms with Crippen LogP contribution in [0.4, 0.5) is 0 Å². The van der Waals surface area contributed by atoms with E-state index in [9.17, 15) is 10.1 Å². The standard InChI is InChI=1S/C20H18N2O2/c1-14-9-17-10-16(7-8-19(17)24-14)11-18(12-21)20(23)22-13-15-5-3-2-4-6-15/h2-8,10-11,14H,9,13H2,1H3,(H,22,23)/b18-11+/t14-/m1/s1. The highest BCUT2D eigenvalue weighted by Crippen LogP contribution is 2.29. The summed E-state index contributed by atoms with van der Waals surface area (Å²) in [4.78, 5) is 12.2. The highest BCUT2D eigenvalue weighted by Gasteiger charge is 2.19. The lowest BCUT2D eigenvalue weighted by molar-refractivity contribution is -0.117. The maximum atomic E-state index is 12.2. The van der Waals surface area contributed by atoms with E-state index in [2.05, 4.69) is 5.32 Å². The Morgan fingerprint density at radius 3 is 2.88 bits per heavy atom. The van der Waals surface area contributed by atoms with E-state index in [-0.39, 0.29) is 17.6 Å². The van der Waals surface area contributed by atoms with Crippen LogP contribution in [0.15, 0.2) is 54.1 Å². The molecule has 2 aromatic carbocycles. The molecule has 3 rings (SSSR count). The molecule has 0 unspecified atom stereocenters. The van der Waals surface area contributed by atoms with Crippen molar-refractivity contribution in [1.82, 2.24) is 5.32 Å². The summed E-state index contributed by atoms with van der Waals surface area (Å²) in [6, 6.07) is 17.3. The van der Waals surface area contributed by atoms with Crippen LogP contribution in [-0.2, 0) is 17.8 Å². The van der Waals surface area contributed by atoms with Gasteiger partial charge < -0.3 is 10.1 Å². The molecule has 0 fully saturated rings. The number of carbonyl (C=O) groups is 1. The normalized spacial score (nSPS) is 16.0. The average Bonchev–Trinajstić information content (AvgIpc) is 2.97. The van der Waals surface area contributed by atoms with Crippen molar-refractivity contribution in [3.8, 4) is 11.8 Å². The van der Waals surface area contributed by atoms with Crippen molar-refractivity contribution in [3.63, 3.8) is 0 Å². The molecule has 0 saturated heterocycles. The molecule has 0 aromatic heterocycles. The molecule has 4 heteroatoms. The smallest absolute Gasteiger partial charge is 0.262 e. The summed E-state index contributed by atoms with van der Waals surface area (Å²) in [6.07, 6.45) is 2.63. The van der Waals surface area contributed by atoms with Gasteiger partial charge in [0.25, 0.3) is 5.91 Å². The Labute approximate surface area is 141 Å². The maximum Gasteiger partial charge on any atom is 0.262 e. The van der Waals surface area contributed by atoms with Crippen molar-refractivity contribution in [2.45, 2.75) is 26.0 Å². The highest BCUT2D eigenvalue weighted by atomic mass is 16.5. The molecule has 1 heterocycles. The number of benzene rings is 2. The quantitative estimate of drug-likeness (QED) is 0.695. The molecule has 24 heavy (non-hydrogen) atoms. The van der Waals surface area contributed by atoms with Gasteiger partial charge in [-0.3, -0.25) is 4.79 Å². The lowest BCUT2D eigenvalue weighted by Crippen LogP contribution is -2.23. The first-order chi connectivity index (χ1) is 11.7. The zero-order valence-electron chi connectivity index (χ0n) is 13.5. The van der Waals surface area contributed by atoms with Gasteiger partial charge >= 0.3 is 0 Å². The lowest BCUT2D eigenvalue weighted by Gasteiger charge is -2.05. The van der Waals surface area contributed by atoms with Crippen LogP contribution in [0.5, 0.6) is 5.75 Å². The third-order valence-electron chi connectivity index (χ3n) is 3.89. The minimum atomic E-state index is -0.369. The van der Waals surface area contributed by atoms with E-state index in [1.165, 1.54) is 0 Å². The van der Waals surface area contributed by atoms with Crippen molar-refractivity contribution >= 4 is 12.0 Å². The van der Waals surface area contributed by atoms with Gasteiger partial charge in [-0.15, -0.1) is 0 Å². The third-order valence-corrected chi connectivity index (χ3v) is 3.89. The number of nitriles is 1. The van der Waals surface area contributed by atoms with Crippen LogP contribution in [0.2, 0.25) is 0 Å². The van der Waals surface area contributed by atoms with E-state index in [1.54, 1.807) is 6.08 Å². The molecule has 0 spiro atoms. The van der Waals surface area contributed by atoms with Crippen LogP contribution < -0.4 is 10.1 Å². The summed E-state index contributed by atoms with van der Waals surface area (Å²) in [6.45, 7) is 2.42. The van der Waals surface area contributed by atoms with Crippen molar-refractivity contribution in [1.29, 1.82) is 5.26 Å². The monoisotopic (exact) mass is 318 g/mol. The Morgan fingerprint density at radius 2 is 2.12 bits per heavy atom. The number of nitrogens with one attached hydrogen (secondary N) is 1. The number of hydrogen-bond acceptors (Lipinski definition) is 3. The van der Waals surface area contributed by atoms with Crippen LogP contribution in [0.3, 0.4) is 0 Å². The average molecular weight is 318 g/mol. The zero-order valence-corrected chi connectivity index (χ0v) is 13.5. The number of fused-ring (bicyclic) bond motifs is 1. The fraction of sp³-hybridized carbons (Fsp3) is 0.200. The van der Waals surface area contributed by atoms with Crippen LogP contribution in [-0.4, -0.2) is 12.0 Å². The minimum Gasteiger partial charge on any atom is -0.490 e. The van der Waals surface area contributed by atoms with E-state index in [1.807, 2.05) is 61.5 Å². The summed E-state index contributed by atoms with van der Waals surface area (Å²) < 4.78 is 5.66. The van der Waals surface area contributed by atoms with Gasteiger partial charge in [0.2, 0.25) is 0 Å². The number of nitrogens with zero attached hydrogens (tertiary/aromatic N) is 1. The summed E-state index contributed by atoms with van der Waals surface area (Å²) in [5, 5.41) is 12.1. The van der Waals surface area contributed by atoms with Gasteiger partial charge in [0.1, 0.15) is 23.5 Å². The highest BCUT2D eigenvalue weighted by molar-refractivity contribution is 6.01. The number of amides is 1. The first-order valence-electron chi connectivity index (χ1n) is 7.89. The Balaban J connectivity index is 1.71. The number of carbonyl (C=O) groups excluding carboxylic acids is 1. The van der Waals surface area contributed by atoms with Gasteiger partial charge in [-0.05, 0) is 41.8 Å². The summed E-state index contributed by atoms with van der Waals surface area (Å²) in [5.41, 5.74) is 3.03. The molecule has 0 radical (unpaired) electrons. The number of rotatable bonds is 4. The van der Waals surface area contributed by atoms with Gasteiger partial charge in [-0.25, -0.2) is 0 Å². The van der Waals surface area contributed by atoms with Crippen LogP contribution in [0.1, 0.15) is 23.6 Å². The van der Waals surface area contributed by atoms with Crippen molar-refractivity contribution in [2.75, 3.05) is 0 Å². The van der Waals surface area contributed by atoms with Gasteiger partial charge in [0.15, 0.2) is 0 Å². The fourth-order valence-electron chi connectivity index (χ4n) is 2.72. The second-order valence-corrected chi connectivity index (χ2v) is 5.84. The third kappa shape index (κ3) is 3.64. The van der Waals surface area contributed by atoms with Crippen molar-refractivity contribution in [3.05, 3.63) is 70.8 Å². The maximum absolute atomic E-state index is 12.2. The van der Waals surface area contributed by atoms with E-state index in [0.29, 0.717) is 6.54 Å². The fourth-order valence-corrected chi connectivity index (χ4v) is 2.72. The van der Waals surface area contributed by atoms with E-state index >= 15 is 0 Å². The molecule has 0 bridgehead atoms. The molecule has 1 aliphatic rings. The predicted octanol–water partition coefficient (Wildman–Crippen LogP) is 3.23. The molecule has 1 atom stereocenters. The molecular formula is C20H18N2O2. The molecule has 4 nitrogen and oxygen atoms in total. The summed E-state index contributed by atoms with van der Waals surface area (Å²) >= 11 is 0. The van der Waals surface area contributed by atoms with Crippen LogP contribution in [0.25, 0.3) is 6.08 Å². The zero-order chi connectivity index (χ0) is 16.9. The van der Waals surface area contributed by atoms with Crippen molar-refractivity contribution in [2.24, 2.45) is 0 Å². The lowest BCUT2D eigenvalue weighted by atomic mass is 10.0. The molecule has 120 valence electrons. The number of hydrogen-bond donors (Lipinski definition) is 1. The largest absolute Gasteiger partial charge is 0.490 e. The molecule has 1 aliphatic heterocycles. The Hall–Kier alpha value is -3.06.